The predicted molar refractivity (Wildman–Crippen MR) is 105 cm³/mol. The third kappa shape index (κ3) is 3.56. The maximum Gasteiger partial charge on any atom is 0.224 e. The van der Waals surface area contributed by atoms with E-state index in [4.69, 9.17) is 15.2 Å². The standard InChI is InChI=1S/C19H21F3N6O3/c1-19(22)14(30-7-9-10(20)4-3-5-11(9)21)12(6-29)31-17(19)28-8-25-13-15(24-2)26-18(23)27-16(13)28/h3-5,8,12,14,17,29H,6-7H2,1-2H3,(H3,23,24,26,27)/t12-,14-,17-,19-/m1/s1. The highest BCUT2D eigenvalue weighted by molar-refractivity contribution is 5.84. The third-order valence-electron chi connectivity index (χ3n) is 5.26. The average Bonchev–Trinajstić information content (AvgIpc) is 3.24. The van der Waals surface area contributed by atoms with Crippen LogP contribution in [-0.2, 0) is 16.1 Å². The maximum absolute atomic E-state index is 16.0. The van der Waals surface area contributed by atoms with E-state index in [9.17, 15) is 13.9 Å². The van der Waals surface area contributed by atoms with Crippen LogP contribution in [0.2, 0.25) is 0 Å². The highest BCUT2D eigenvalue weighted by Gasteiger charge is 2.56. The first-order valence-electron chi connectivity index (χ1n) is 9.45. The van der Waals surface area contributed by atoms with Gasteiger partial charge in [0, 0.05) is 12.6 Å². The number of aliphatic hydroxyl groups excluding tert-OH is 1. The lowest BCUT2D eigenvalue weighted by molar-refractivity contribution is -0.0688. The Balaban J connectivity index is 1.67. The fourth-order valence-corrected chi connectivity index (χ4v) is 3.74. The SMILES string of the molecule is CNc1nc(N)nc2c1ncn2[C@@H]1O[C@H](CO)[C@@H](OCc2c(F)cccc2F)[C@@]1(C)F. The van der Waals surface area contributed by atoms with Crippen LogP contribution in [0.1, 0.15) is 18.7 Å². The van der Waals surface area contributed by atoms with Crippen LogP contribution in [0.4, 0.5) is 24.9 Å². The zero-order valence-electron chi connectivity index (χ0n) is 16.7. The summed E-state index contributed by atoms with van der Waals surface area (Å²) in [6, 6.07) is 3.37. The van der Waals surface area contributed by atoms with Gasteiger partial charge in [0.05, 0.1) is 19.5 Å². The predicted octanol–water partition coefficient (Wildman–Crippen LogP) is 1.93. The fraction of sp³-hybridized carbons (Fsp3) is 0.421. The van der Waals surface area contributed by atoms with Crippen molar-refractivity contribution in [1.82, 2.24) is 19.5 Å². The van der Waals surface area contributed by atoms with Gasteiger partial charge in [0.15, 0.2) is 28.9 Å². The molecule has 4 N–H and O–H groups in total. The van der Waals surface area contributed by atoms with Gasteiger partial charge < -0.3 is 25.6 Å². The van der Waals surface area contributed by atoms with Crippen molar-refractivity contribution in [3.05, 3.63) is 41.7 Å². The number of nitrogens with two attached hydrogens (primary N) is 1. The molecule has 0 amide bonds. The molecule has 0 aliphatic carbocycles. The number of ether oxygens (including phenoxy) is 2. The summed E-state index contributed by atoms with van der Waals surface area (Å²) in [6.45, 7) is 0.0932. The first-order valence-corrected chi connectivity index (χ1v) is 9.45. The monoisotopic (exact) mass is 438 g/mol. The van der Waals surface area contributed by atoms with Crippen molar-refractivity contribution in [3.8, 4) is 0 Å². The van der Waals surface area contributed by atoms with Crippen LogP contribution in [0.3, 0.4) is 0 Å². The minimum absolute atomic E-state index is 0.0568. The second-order valence-corrected chi connectivity index (χ2v) is 7.30. The molecule has 9 nitrogen and oxygen atoms in total. The van der Waals surface area contributed by atoms with E-state index in [-0.39, 0.29) is 17.2 Å². The van der Waals surface area contributed by atoms with Crippen molar-refractivity contribution in [1.29, 1.82) is 0 Å². The number of imidazole rings is 1. The number of hydrogen-bond acceptors (Lipinski definition) is 8. The van der Waals surface area contributed by atoms with Crippen LogP contribution < -0.4 is 11.1 Å². The molecule has 0 spiro atoms. The summed E-state index contributed by atoms with van der Waals surface area (Å²) in [7, 11) is 1.62. The van der Waals surface area contributed by atoms with Crippen molar-refractivity contribution in [3.63, 3.8) is 0 Å². The number of nitrogen functional groups attached to an aromatic ring is 1. The number of alkyl halides is 1. The van der Waals surface area contributed by atoms with E-state index in [1.54, 1.807) is 7.05 Å². The van der Waals surface area contributed by atoms with Gasteiger partial charge in [0.25, 0.3) is 0 Å². The fourth-order valence-electron chi connectivity index (χ4n) is 3.74. The van der Waals surface area contributed by atoms with Crippen LogP contribution in [0, 0.1) is 11.6 Å². The van der Waals surface area contributed by atoms with Crippen molar-refractivity contribution < 1.29 is 27.8 Å². The molecule has 0 unspecified atom stereocenters. The summed E-state index contributed by atoms with van der Waals surface area (Å²) in [6.07, 6.45) is -2.42. The normalized spacial score (nSPS) is 25.9. The Hall–Kier alpha value is -2.96. The number of aromatic nitrogens is 4. The lowest BCUT2D eigenvalue weighted by atomic mass is 9.98. The lowest BCUT2D eigenvalue weighted by Gasteiger charge is -2.28. The molecule has 1 fully saturated rings. The van der Waals surface area contributed by atoms with Crippen LogP contribution in [0.5, 0.6) is 0 Å². The Morgan fingerprint density at radius 2 is 2.03 bits per heavy atom. The van der Waals surface area contributed by atoms with Crippen LogP contribution >= 0.6 is 0 Å². The number of nitrogens with zero attached hydrogens (tertiary/aromatic N) is 4. The summed E-state index contributed by atoms with van der Waals surface area (Å²) in [5.74, 6) is -1.34. The minimum atomic E-state index is -2.22. The summed E-state index contributed by atoms with van der Waals surface area (Å²) >= 11 is 0. The van der Waals surface area contributed by atoms with Gasteiger partial charge in [-0.15, -0.1) is 0 Å². The summed E-state index contributed by atoms with van der Waals surface area (Å²) in [5.41, 5.74) is 3.73. The number of halogens is 3. The highest BCUT2D eigenvalue weighted by Crippen LogP contribution is 2.44. The Labute approximate surface area is 175 Å². The molecule has 1 aromatic carbocycles. The molecular weight excluding hydrogens is 417 g/mol. The van der Waals surface area contributed by atoms with Gasteiger partial charge in [-0.1, -0.05) is 6.07 Å². The number of hydrogen-bond donors (Lipinski definition) is 3. The molecule has 4 atom stereocenters. The van der Waals surface area contributed by atoms with E-state index in [2.05, 4.69) is 20.3 Å². The summed E-state index contributed by atoms with van der Waals surface area (Å²) in [4.78, 5) is 12.4. The van der Waals surface area contributed by atoms with Crippen molar-refractivity contribution in [2.24, 2.45) is 0 Å². The van der Waals surface area contributed by atoms with Gasteiger partial charge >= 0.3 is 0 Å². The topological polar surface area (TPSA) is 120 Å². The number of aliphatic hydroxyl groups is 1. The van der Waals surface area contributed by atoms with E-state index < -0.39 is 49.0 Å². The quantitative estimate of drug-likeness (QED) is 0.534. The van der Waals surface area contributed by atoms with Gasteiger partial charge in [-0.05, 0) is 19.1 Å². The van der Waals surface area contributed by atoms with Crippen molar-refractivity contribution in [2.45, 2.75) is 37.6 Å². The molecule has 1 saturated heterocycles. The number of rotatable bonds is 6. The van der Waals surface area contributed by atoms with Crippen LogP contribution in [0.25, 0.3) is 11.2 Å². The average molecular weight is 438 g/mol. The molecule has 1 aliphatic rings. The minimum Gasteiger partial charge on any atom is -0.394 e. The van der Waals surface area contributed by atoms with Gasteiger partial charge in [0.2, 0.25) is 5.95 Å². The second kappa shape index (κ2) is 7.94. The van der Waals surface area contributed by atoms with Gasteiger partial charge in [-0.2, -0.15) is 9.97 Å². The molecule has 4 rings (SSSR count). The molecule has 3 aromatic rings. The maximum atomic E-state index is 16.0. The van der Waals surface area contributed by atoms with Crippen molar-refractivity contribution in [2.75, 3.05) is 24.7 Å². The lowest BCUT2D eigenvalue weighted by Crippen LogP contribution is -2.42. The zero-order valence-corrected chi connectivity index (χ0v) is 16.7. The number of fused-ring (bicyclic) bond motifs is 1. The molecule has 1 aliphatic heterocycles. The highest BCUT2D eigenvalue weighted by atomic mass is 19.1. The van der Waals surface area contributed by atoms with E-state index in [0.29, 0.717) is 11.3 Å². The van der Waals surface area contributed by atoms with Crippen LogP contribution in [-0.4, -0.2) is 56.2 Å². The molecular formula is C19H21F3N6O3. The summed E-state index contributed by atoms with van der Waals surface area (Å²) < 4.78 is 56.4. The molecule has 2 aromatic heterocycles. The largest absolute Gasteiger partial charge is 0.394 e. The van der Waals surface area contributed by atoms with Crippen molar-refractivity contribution >= 4 is 22.9 Å². The summed E-state index contributed by atoms with van der Waals surface area (Å²) in [5, 5.41) is 12.6. The third-order valence-corrected chi connectivity index (χ3v) is 5.26. The molecule has 0 saturated carbocycles. The first kappa shape index (κ1) is 21.3. The van der Waals surface area contributed by atoms with Gasteiger partial charge in [0.1, 0.15) is 23.8 Å². The zero-order chi connectivity index (χ0) is 22.3. The van der Waals surface area contributed by atoms with E-state index >= 15 is 4.39 Å². The number of anilines is 2. The Morgan fingerprint density at radius 3 is 2.68 bits per heavy atom. The number of nitrogens with one attached hydrogen (secondary N) is 1. The molecule has 0 bridgehead atoms. The van der Waals surface area contributed by atoms with Gasteiger partial charge in [-0.3, -0.25) is 4.57 Å². The smallest absolute Gasteiger partial charge is 0.224 e. The molecule has 31 heavy (non-hydrogen) atoms. The molecule has 3 heterocycles. The van der Waals surface area contributed by atoms with E-state index in [1.165, 1.54) is 23.9 Å². The Morgan fingerprint density at radius 1 is 1.32 bits per heavy atom. The van der Waals surface area contributed by atoms with E-state index in [1.807, 2.05) is 0 Å². The van der Waals surface area contributed by atoms with Crippen LogP contribution in [0.15, 0.2) is 24.5 Å². The van der Waals surface area contributed by atoms with E-state index in [0.717, 1.165) is 12.1 Å². The molecule has 0 radical (unpaired) electrons. The Bertz CT molecular complexity index is 1090. The number of benzene rings is 1. The Kier molecular flexibility index (Phi) is 5.45. The second-order valence-electron chi connectivity index (χ2n) is 7.30. The first-order chi connectivity index (χ1) is 14.8. The molecule has 166 valence electrons. The van der Waals surface area contributed by atoms with Gasteiger partial charge in [-0.25, -0.2) is 18.2 Å². The molecule has 12 heteroatoms.